The molecule has 0 aromatic heterocycles. The lowest BCUT2D eigenvalue weighted by Gasteiger charge is -2.18. The zero-order valence-electron chi connectivity index (χ0n) is 16.9. The molecular formula is C21H30N4O2S. The van der Waals surface area contributed by atoms with Crippen molar-refractivity contribution in [3.63, 3.8) is 0 Å². The number of hydrogen-bond acceptors (Lipinski definition) is 3. The SMILES string of the molecule is CN=C(NCc1ccc(CS(=O)(=O)NC(C)C)cc1)NC(C)c1ccccc1. The van der Waals surface area contributed by atoms with E-state index >= 15 is 0 Å². The minimum atomic E-state index is -3.31. The predicted octanol–water partition coefficient (Wildman–Crippen LogP) is 2.94. The molecule has 6 nitrogen and oxygen atoms in total. The second-order valence-corrected chi connectivity index (χ2v) is 8.80. The summed E-state index contributed by atoms with van der Waals surface area (Å²) in [6, 6.07) is 17.8. The van der Waals surface area contributed by atoms with Crippen molar-refractivity contribution in [3.05, 3.63) is 71.3 Å². The third-order valence-corrected chi connectivity index (χ3v) is 5.68. The lowest BCUT2D eigenvalue weighted by Crippen LogP contribution is -2.38. The molecule has 152 valence electrons. The Labute approximate surface area is 168 Å². The van der Waals surface area contributed by atoms with Crippen LogP contribution in [0.3, 0.4) is 0 Å². The van der Waals surface area contributed by atoms with E-state index in [0.29, 0.717) is 12.5 Å². The van der Waals surface area contributed by atoms with E-state index in [4.69, 9.17) is 0 Å². The fourth-order valence-corrected chi connectivity index (χ4v) is 4.22. The van der Waals surface area contributed by atoms with Gasteiger partial charge < -0.3 is 10.6 Å². The number of guanidine groups is 1. The first-order valence-corrected chi connectivity index (χ1v) is 11.0. The summed E-state index contributed by atoms with van der Waals surface area (Å²) in [6.45, 7) is 6.30. The molecule has 28 heavy (non-hydrogen) atoms. The quantitative estimate of drug-likeness (QED) is 0.468. The zero-order chi connectivity index (χ0) is 20.6. The van der Waals surface area contributed by atoms with E-state index in [-0.39, 0.29) is 17.8 Å². The first kappa shape index (κ1) is 21.9. The van der Waals surface area contributed by atoms with Gasteiger partial charge in [-0.05, 0) is 37.5 Å². The van der Waals surface area contributed by atoms with Gasteiger partial charge in [0.15, 0.2) is 5.96 Å². The lowest BCUT2D eigenvalue weighted by atomic mass is 10.1. The van der Waals surface area contributed by atoms with Gasteiger partial charge in [-0.25, -0.2) is 13.1 Å². The Kier molecular flexibility index (Phi) is 8.02. The molecule has 0 aliphatic carbocycles. The number of sulfonamides is 1. The summed E-state index contributed by atoms with van der Waals surface area (Å²) >= 11 is 0. The summed E-state index contributed by atoms with van der Waals surface area (Å²) in [4.78, 5) is 4.27. The maximum Gasteiger partial charge on any atom is 0.216 e. The molecule has 0 fully saturated rings. The standard InChI is InChI=1S/C21H30N4O2S/c1-16(2)25-28(26,27)15-19-12-10-18(11-13-19)14-23-21(22-4)24-17(3)20-8-6-5-7-9-20/h5-13,16-17,25H,14-15H2,1-4H3,(H2,22,23,24). The van der Waals surface area contributed by atoms with Crippen molar-refractivity contribution in [3.8, 4) is 0 Å². The molecule has 0 amide bonds. The second-order valence-electron chi connectivity index (χ2n) is 7.05. The van der Waals surface area contributed by atoms with Crippen LogP contribution in [0, 0.1) is 0 Å². The second kappa shape index (κ2) is 10.2. The molecule has 1 unspecified atom stereocenters. The third-order valence-electron chi connectivity index (χ3n) is 4.13. The molecule has 0 spiro atoms. The highest BCUT2D eigenvalue weighted by Gasteiger charge is 2.13. The molecule has 0 radical (unpaired) electrons. The van der Waals surface area contributed by atoms with Gasteiger partial charge in [0, 0.05) is 19.6 Å². The number of hydrogen-bond donors (Lipinski definition) is 3. The molecule has 1 atom stereocenters. The maximum absolute atomic E-state index is 12.0. The average Bonchev–Trinajstić information content (AvgIpc) is 2.65. The number of aliphatic imine (C=N–C) groups is 1. The maximum atomic E-state index is 12.0. The molecule has 2 aromatic rings. The van der Waals surface area contributed by atoms with Gasteiger partial charge in [0.2, 0.25) is 10.0 Å². The summed E-state index contributed by atoms with van der Waals surface area (Å²) in [6.07, 6.45) is 0. The Morgan fingerprint density at radius 1 is 0.964 bits per heavy atom. The molecule has 3 N–H and O–H groups in total. The molecule has 0 aliphatic heterocycles. The Bertz CT molecular complexity index is 863. The third kappa shape index (κ3) is 7.32. The van der Waals surface area contributed by atoms with Crippen LogP contribution in [0.25, 0.3) is 0 Å². The van der Waals surface area contributed by atoms with Crippen LogP contribution >= 0.6 is 0 Å². The van der Waals surface area contributed by atoms with Crippen LogP contribution in [0.4, 0.5) is 0 Å². The smallest absolute Gasteiger partial charge is 0.216 e. The van der Waals surface area contributed by atoms with Gasteiger partial charge >= 0.3 is 0 Å². The molecule has 0 bridgehead atoms. The van der Waals surface area contributed by atoms with Crippen LogP contribution in [-0.2, 0) is 22.3 Å². The van der Waals surface area contributed by atoms with Crippen LogP contribution in [0.15, 0.2) is 59.6 Å². The monoisotopic (exact) mass is 402 g/mol. The Morgan fingerprint density at radius 2 is 1.57 bits per heavy atom. The van der Waals surface area contributed by atoms with Gasteiger partial charge in [-0.2, -0.15) is 0 Å². The van der Waals surface area contributed by atoms with Crippen molar-refractivity contribution in [2.45, 2.75) is 45.2 Å². The minimum Gasteiger partial charge on any atom is -0.352 e. The van der Waals surface area contributed by atoms with Crippen molar-refractivity contribution in [2.24, 2.45) is 4.99 Å². The number of benzene rings is 2. The fourth-order valence-electron chi connectivity index (χ4n) is 2.78. The highest BCUT2D eigenvalue weighted by molar-refractivity contribution is 7.88. The normalized spacial score (nSPS) is 13.4. The largest absolute Gasteiger partial charge is 0.352 e. The van der Waals surface area contributed by atoms with Gasteiger partial charge in [0.05, 0.1) is 11.8 Å². The summed E-state index contributed by atoms with van der Waals surface area (Å²) in [5.74, 6) is 0.695. The van der Waals surface area contributed by atoms with E-state index in [9.17, 15) is 8.42 Å². The molecule has 2 rings (SSSR count). The van der Waals surface area contributed by atoms with Gasteiger partial charge in [-0.1, -0.05) is 54.6 Å². The van der Waals surface area contributed by atoms with E-state index in [1.165, 1.54) is 5.56 Å². The van der Waals surface area contributed by atoms with Gasteiger partial charge in [-0.3, -0.25) is 4.99 Å². The Hall–Kier alpha value is -2.38. The summed E-state index contributed by atoms with van der Waals surface area (Å²) in [7, 11) is -1.57. The fraction of sp³-hybridized carbons (Fsp3) is 0.381. The van der Waals surface area contributed by atoms with E-state index in [1.54, 1.807) is 7.05 Å². The average molecular weight is 403 g/mol. The summed E-state index contributed by atoms with van der Waals surface area (Å²) in [5.41, 5.74) is 3.00. The van der Waals surface area contributed by atoms with Gasteiger partial charge in [0.1, 0.15) is 0 Å². The molecule has 0 aliphatic rings. The summed E-state index contributed by atoms with van der Waals surface area (Å²) < 4.78 is 26.6. The van der Waals surface area contributed by atoms with Crippen LogP contribution < -0.4 is 15.4 Å². The predicted molar refractivity (Wildman–Crippen MR) is 116 cm³/mol. The highest BCUT2D eigenvalue weighted by atomic mass is 32.2. The first-order chi connectivity index (χ1) is 13.3. The van der Waals surface area contributed by atoms with E-state index in [2.05, 4.69) is 39.4 Å². The van der Waals surface area contributed by atoms with Crippen LogP contribution in [0.2, 0.25) is 0 Å². The Balaban J connectivity index is 1.89. The minimum absolute atomic E-state index is 0.0172. The zero-order valence-corrected chi connectivity index (χ0v) is 17.8. The molecule has 7 heteroatoms. The lowest BCUT2D eigenvalue weighted by molar-refractivity contribution is 0.569. The Morgan fingerprint density at radius 3 is 2.14 bits per heavy atom. The van der Waals surface area contributed by atoms with Crippen molar-refractivity contribution >= 4 is 16.0 Å². The molecule has 0 saturated heterocycles. The van der Waals surface area contributed by atoms with Crippen molar-refractivity contribution < 1.29 is 8.42 Å². The van der Waals surface area contributed by atoms with Crippen LogP contribution in [0.1, 0.15) is 43.5 Å². The van der Waals surface area contributed by atoms with Gasteiger partial charge in [0.25, 0.3) is 0 Å². The van der Waals surface area contributed by atoms with E-state index < -0.39 is 10.0 Å². The number of nitrogens with zero attached hydrogens (tertiary/aromatic N) is 1. The van der Waals surface area contributed by atoms with Crippen LogP contribution in [0.5, 0.6) is 0 Å². The summed E-state index contributed by atoms with van der Waals surface area (Å²) in [5, 5.41) is 6.65. The van der Waals surface area contributed by atoms with E-state index in [0.717, 1.165) is 11.1 Å². The first-order valence-electron chi connectivity index (χ1n) is 9.39. The van der Waals surface area contributed by atoms with Crippen molar-refractivity contribution in [1.29, 1.82) is 0 Å². The van der Waals surface area contributed by atoms with Crippen LogP contribution in [-0.4, -0.2) is 27.5 Å². The van der Waals surface area contributed by atoms with Gasteiger partial charge in [-0.15, -0.1) is 0 Å². The molecule has 2 aromatic carbocycles. The topological polar surface area (TPSA) is 82.6 Å². The molecule has 0 heterocycles. The number of rotatable bonds is 8. The van der Waals surface area contributed by atoms with Crippen molar-refractivity contribution in [2.75, 3.05) is 7.05 Å². The molecular weight excluding hydrogens is 372 g/mol. The highest BCUT2D eigenvalue weighted by Crippen LogP contribution is 2.11. The van der Waals surface area contributed by atoms with E-state index in [1.807, 2.05) is 56.3 Å². The molecule has 0 saturated carbocycles. The number of nitrogens with one attached hydrogen (secondary N) is 3. The van der Waals surface area contributed by atoms with Crippen molar-refractivity contribution in [1.82, 2.24) is 15.4 Å².